The number of hydrogen-bond donors (Lipinski definition) is 0. The van der Waals surface area contributed by atoms with Crippen LogP contribution >= 0.6 is 0 Å². The van der Waals surface area contributed by atoms with E-state index in [1.807, 2.05) is 0 Å². The summed E-state index contributed by atoms with van der Waals surface area (Å²) < 4.78 is 177. The fourth-order valence-electron chi connectivity index (χ4n) is 4.60. The van der Waals surface area contributed by atoms with Crippen molar-refractivity contribution in [3.8, 4) is 12.1 Å². The highest BCUT2D eigenvalue weighted by Crippen LogP contribution is 2.45. The summed E-state index contributed by atoms with van der Waals surface area (Å²) in [7, 11) is -13.7. The van der Waals surface area contributed by atoms with Gasteiger partial charge >= 0.3 is 23.0 Å². The molecule has 2 aliphatic rings. The fraction of sp³-hybridized carbons (Fsp3) is 0.273. The molecule has 0 atom stereocenters. The molecule has 214 valence electrons. The molecule has 41 heavy (non-hydrogen) atoms. The van der Waals surface area contributed by atoms with E-state index in [0.717, 1.165) is 19.1 Å². The Hall–Kier alpha value is -4.33. The first-order valence-electron chi connectivity index (χ1n) is 10.2. The first-order valence-corrected chi connectivity index (χ1v) is 13.2. The average Bonchev–Trinajstić information content (AvgIpc) is 3.36. The molecule has 0 N–H and O–H groups in total. The van der Waals surface area contributed by atoms with Crippen molar-refractivity contribution in [1.82, 2.24) is 0 Å². The van der Waals surface area contributed by atoms with Crippen molar-refractivity contribution < 1.29 is 56.3 Å². The van der Waals surface area contributed by atoms with E-state index >= 15 is 0 Å². The van der Waals surface area contributed by atoms with Crippen molar-refractivity contribution >= 4 is 30.8 Å². The maximum Gasteiger partial charge on any atom is 0.523 e. The van der Waals surface area contributed by atoms with Crippen LogP contribution in [-0.2, 0) is 32.5 Å². The van der Waals surface area contributed by atoms with Gasteiger partial charge < -0.3 is 0 Å². The Morgan fingerprint density at radius 2 is 1.15 bits per heavy atom. The third-order valence-corrected chi connectivity index (χ3v) is 9.32. The predicted molar refractivity (Wildman–Crippen MR) is 117 cm³/mol. The normalized spacial score (nSPS) is 15.5. The number of benzene rings is 1. The summed E-state index contributed by atoms with van der Waals surface area (Å²) in [5.41, 5.74) is -22.8. The van der Waals surface area contributed by atoms with E-state index < -0.39 is 115 Å². The maximum atomic E-state index is 14.4. The van der Waals surface area contributed by atoms with Gasteiger partial charge in [0.05, 0.1) is 20.9 Å². The lowest BCUT2D eigenvalue weighted by molar-refractivity contribution is -0.0697. The number of nitriles is 2. The highest BCUT2D eigenvalue weighted by Gasteiger charge is 2.56. The fourth-order valence-corrected chi connectivity index (χ4v) is 7.09. The first kappa shape index (κ1) is 31.2. The summed E-state index contributed by atoms with van der Waals surface area (Å²) in [5, 5.41) is 14.8. The van der Waals surface area contributed by atoms with Gasteiger partial charge in [0.1, 0.15) is 30.9 Å². The van der Waals surface area contributed by atoms with Gasteiger partial charge in [-0.3, -0.25) is 0 Å². The van der Waals surface area contributed by atoms with Crippen LogP contribution in [0.1, 0.15) is 18.1 Å². The number of sulfone groups is 2. The van der Waals surface area contributed by atoms with Gasteiger partial charge in [-0.15, -0.1) is 0 Å². The maximum absolute atomic E-state index is 14.4. The van der Waals surface area contributed by atoms with Crippen molar-refractivity contribution in [1.29, 1.82) is 10.5 Å². The first-order chi connectivity index (χ1) is 18.5. The minimum absolute atomic E-state index is 0.718. The summed E-state index contributed by atoms with van der Waals surface area (Å²) in [5.74, 6) is -1.03. The monoisotopic (exact) mass is 626 g/mol. The van der Waals surface area contributed by atoms with Gasteiger partial charge in [-0.2, -0.15) is 59.7 Å². The van der Waals surface area contributed by atoms with Crippen LogP contribution in [0.4, 0.5) is 39.5 Å². The van der Waals surface area contributed by atoms with E-state index in [2.05, 4.69) is 9.69 Å². The zero-order valence-corrected chi connectivity index (χ0v) is 21.2. The Labute approximate surface area is 223 Å². The average molecular weight is 626 g/mol. The van der Waals surface area contributed by atoms with Gasteiger partial charge in [0.2, 0.25) is 0 Å². The molecule has 0 unspecified atom stereocenters. The second-order valence-electron chi connectivity index (χ2n) is 8.22. The number of allylic oxidation sites excluding steroid dienone is 3. The van der Waals surface area contributed by atoms with Crippen LogP contribution in [0.15, 0.2) is 32.3 Å². The molecule has 8 nitrogen and oxygen atoms in total. The lowest BCUT2D eigenvalue weighted by Gasteiger charge is -2.18. The van der Waals surface area contributed by atoms with Crippen molar-refractivity contribution in [2.45, 2.75) is 46.7 Å². The third-order valence-electron chi connectivity index (χ3n) is 6.13. The summed E-state index contributed by atoms with van der Waals surface area (Å²) in [4.78, 5) is 1.16. The highest BCUT2D eigenvalue weighted by molar-refractivity contribution is 7.92. The molecule has 0 radical (unpaired) electrons. The topological polar surface area (TPSA) is 125 Å². The molecule has 3 rings (SSSR count). The van der Waals surface area contributed by atoms with Crippen molar-refractivity contribution in [3.05, 3.63) is 66.9 Å². The van der Waals surface area contributed by atoms with Crippen molar-refractivity contribution in [3.63, 3.8) is 0 Å². The molecule has 0 spiro atoms. The highest BCUT2D eigenvalue weighted by atomic mass is 32.2. The van der Waals surface area contributed by atoms with Crippen LogP contribution in [0.2, 0.25) is 0 Å². The van der Waals surface area contributed by atoms with Crippen LogP contribution in [0.3, 0.4) is 0 Å². The number of fused-ring (bicyclic) bond motifs is 2. The minimum Gasteiger partial charge on any atom is -0.214 e. The van der Waals surface area contributed by atoms with E-state index in [1.165, 1.54) is 0 Å². The van der Waals surface area contributed by atoms with Crippen LogP contribution < -0.4 is 10.4 Å². The summed E-state index contributed by atoms with van der Waals surface area (Å²) >= 11 is 0. The van der Waals surface area contributed by atoms with Gasteiger partial charge in [-0.1, -0.05) is 0 Å². The number of alkyl halides is 9. The molecular weight excluding hydrogens is 619 g/mol. The molecule has 0 bridgehead atoms. The molecule has 0 fully saturated rings. The van der Waals surface area contributed by atoms with E-state index in [0.29, 0.717) is 0 Å². The molecule has 19 heteroatoms. The molecule has 0 saturated heterocycles. The Kier molecular flexibility index (Phi) is 7.13. The third kappa shape index (κ3) is 4.42. The summed E-state index contributed by atoms with van der Waals surface area (Å²) in [6.45, 7) is 14.9. The van der Waals surface area contributed by atoms with E-state index in [-0.39, 0.29) is 0 Å². The van der Waals surface area contributed by atoms with Crippen molar-refractivity contribution in [2.24, 2.45) is 0 Å². The smallest absolute Gasteiger partial charge is 0.214 e. The largest absolute Gasteiger partial charge is 0.523 e. The number of hydrogen-bond acceptors (Lipinski definition) is 6. The van der Waals surface area contributed by atoms with Crippen LogP contribution in [0.5, 0.6) is 0 Å². The van der Waals surface area contributed by atoms with Crippen LogP contribution in [-0.4, -0.2) is 34.0 Å². The van der Waals surface area contributed by atoms with Gasteiger partial charge in [0, 0.05) is 16.9 Å². The molecule has 0 aliphatic heterocycles. The Bertz CT molecular complexity index is 1990. The van der Waals surface area contributed by atoms with Gasteiger partial charge in [-0.05, 0) is 35.6 Å². The van der Waals surface area contributed by atoms with E-state index in [1.54, 1.807) is 0 Å². The van der Waals surface area contributed by atoms with Gasteiger partial charge in [0.15, 0.2) is 0 Å². The molecule has 0 aromatic heterocycles. The van der Waals surface area contributed by atoms with Gasteiger partial charge in [-0.25, -0.2) is 16.8 Å². The second kappa shape index (κ2) is 9.36. The minimum atomic E-state index is -6.94. The summed E-state index contributed by atoms with van der Waals surface area (Å²) in [6, 6.07) is 1.97. The Morgan fingerprint density at radius 3 is 1.51 bits per heavy atom. The SMILES string of the molecule is [C-]#[N+]C([N+]#[C-])=C1Cc2c(S(=O)(=O)C(F)(F)F)c3c(c(S(=O)(=O)C(F)(F)F)c2=C1C)CC(=C(C#N)C#N)C=3C(F)(F)F. The number of nitrogens with zero attached hydrogens (tertiary/aromatic N) is 4. The molecule has 0 saturated carbocycles. The molecule has 1 aromatic carbocycles. The molecule has 0 heterocycles. The molecular formula is C22H7F9N4O4S2. The quantitative estimate of drug-likeness (QED) is 0.281. The number of rotatable bonds is 2. The predicted octanol–water partition coefficient (Wildman–Crippen LogP) is 3.66. The van der Waals surface area contributed by atoms with E-state index in [4.69, 9.17) is 23.7 Å². The standard InChI is InChI=1S/C22H7F9N4O4S2/c1-8-10(19(34-2)35-3)4-12-14(8)17(40(36,37)21(26,27)28)13-5-11(9(6-32)7-33)16(20(23,24)25)15(13)18(12)41(38,39)22(29,30)31/h4-5H2,1H3. The number of halogens is 9. The van der Waals surface area contributed by atoms with E-state index in [9.17, 15) is 56.3 Å². The van der Waals surface area contributed by atoms with Gasteiger partial charge in [0.25, 0.3) is 19.7 Å². The second-order valence-corrected chi connectivity index (χ2v) is 12.0. The molecule has 2 aliphatic carbocycles. The zero-order valence-electron chi connectivity index (χ0n) is 19.6. The van der Waals surface area contributed by atoms with Crippen molar-refractivity contribution in [2.75, 3.05) is 0 Å². The Balaban J connectivity index is 3.03. The zero-order chi connectivity index (χ0) is 31.7. The lowest BCUT2D eigenvalue weighted by Crippen LogP contribution is -2.39. The molecule has 1 aromatic rings. The summed E-state index contributed by atoms with van der Waals surface area (Å²) in [6.07, 6.45) is -8.98. The lowest BCUT2D eigenvalue weighted by atomic mass is 10.0. The van der Waals surface area contributed by atoms with Crippen LogP contribution in [0.25, 0.3) is 20.8 Å². The van der Waals surface area contributed by atoms with Crippen LogP contribution in [0, 0.1) is 35.8 Å². The Morgan fingerprint density at radius 1 is 0.756 bits per heavy atom. The molecule has 0 amide bonds.